The van der Waals surface area contributed by atoms with Crippen molar-refractivity contribution in [2.75, 3.05) is 25.9 Å². The van der Waals surface area contributed by atoms with E-state index in [0.717, 1.165) is 31.0 Å². The molecule has 0 unspecified atom stereocenters. The molecule has 0 spiro atoms. The number of hydrogen-bond donors (Lipinski definition) is 1. The normalized spacial score (nSPS) is 15.5. The second-order valence-electron chi connectivity index (χ2n) is 6.03. The zero-order valence-corrected chi connectivity index (χ0v) is 14.6. The Morgan fingerprint density at radius 1 is 1.12 bits per heavy atom. The Morgan fingerprint density at radius 2 is 1.83 bits per heavy atom. The molecule has 0 saturated heterocycles. The van der Waals surface area contributed by atoms with Crippen LogP contribution in [0.4, 0.5) is 0 Å². The van der Waals surface area contributed by atoms with Crippen LogP contribution in [0.5, 0.6) is 0 Å². The fourth-order valence-electron chi connectivity index (χ4n) is 2.97. The van der Waals surface area contributed by atoms with E-state index in [1.54, 1.807) is 30.5 Å². The number of nitrogens with one attached hydrogen (secondary N) is 1. The summed E-state index contributed by atoms with van der Waals surface area (Å²) in [5, 5.41) is 2.96. The third-order valence-corrected chi connectivity index (χ3v) is 5.31. The van der Waals surface area contributed by atoms with Crippen LogP contribution < -0.4 is 5.32 Å². The second kappa shape index (κ2) is 7.73. The van der Waals surface area contributed by atoms with Gasteiger partial charge in [0.15, 0.2) is 0 Å². The van der Waals surface area contributed by atoms with Gasteiger partial charge in [-0.1, -0.05) is 24.3 Å². The van der Waals surface area contributed by atoms with Crippen molar-refractivity contribution in [3.8, 4) is 0 Å². The van der Waals surface area contributed by atoms with E-state index in [1.807, 2.05) is 0 Å². The van der Waals surface area contributed by atoms with Crippen molar-refractivity contribution in [1.29, 1.82) is 0 Å². The first-order valence-corrected chi connectivity index (χ1v) is 9.70. The van der Waals surface area contributed by atoms with Crippen LogP contribution in [-0.2, 0) is 23.8 Å². The molecular weight excluding hydrogens is 320 g/mol. The number of rotatable bonds is 5. The first-order valence-electron chi connectivity index (χ1n) is 8.14. The van der Waals surface area contributed by atoms with E-state index in [0.29, 0.717) is 12.1 Å². The van der Waals surface area contributed by atoms with Crippen molar-refractivity contribution in [1.82, 2.24) is 10.2 Å². The highest BCUT2D eigenvalue weighted by Crippen LogP contribution is 2.17. The predicted octanol–water partition coefficient (Wildman–Crippen LogP) is 2.21. The Hall–Kier alpha value is -1.98. The summed E-state index contributed by atoms with van der Waals surface area (Å²) in [5.41, 5.74) is 3.43. The van der Waals surface area contributed by atoms with Gasteiger partial charge in [-0.3, -0.25) is 13.9 Å². The number of fused-ring (bicyclic) bond motifs is 1. The molecule has 1 N–H and O–H groups in total. The number of benzene rings is 2. The van der Waals surface area contributed by atoms with E-state index in [-0.39, 0.29) is 5.91 Å². The maximum Gasteiger partial charge on any atom is 0.251 e. The molecule has 24 heavy (non-hydrogen) atoms. The van der Waals surface area contributed by atoms with Crippen LogP contribution in [0.2, 0.25) is 0 Å². The van der Waals surface area contributed by atoms with Gasteiger partial charge < -0.3 is 5.32 Å². The number of carbonyl (C=O) groups is 1. The van der Waals surface area contributed by atoms with E-state index in [9.17, 15) is 9.00 Å². The van der Waals surface area contributed by atoms with Crippen molar-refractivity contribution in [3.63, 3.8) is 0 Å². The zero-order chi connectivity index (χ0) is 16.9. The highest BCUT2D eigenvalue weighted by molar-refractivity contribution is 7.84. The first kappa shape index (κ1) is 16.9. The topological polar surface area (TPSA) is 49.4 Å². The predicted molar refractivity (Wildman–Crippen MR) is 96.5 cm³/mol. The summed E-state index contributed by atoms with van der Waals surface area (Å²) in [6.07, 6.45) is 2.70. The third kappa shape index (κ3) is 4.10. The molecule has 0 aromatic heterocycles. The van der Waals surface area contributed by atoms with Gasteiger partial charge in [-0.2, -0.15) is 0 Å². The van der Waals surface area contributed by atoms with Crippen molar-refractivity contribution in [2.24, 2.45) is 0 Å². The zero-order valence-electron chi connectivity index (χ0n) is 13.8. The molecule has 1 aliphatic rings. The molecule has 1 aliphatic heterocycles. The van der Waals surface area contributed by atoms with Gasteiger partial charge >= 0.3 is 0 Å². The standard InChI is InChI=1S/C19H22N2O2S/c1-24(23)18-8-6-16(7-9-18)19(22)20-11-13-21-12-10-15-4-2-3-5-17(15)14-21/h2-9H,10-14H2,1H3,(H,20,22)/t24-/m0/s1. The molecule has 1 amide bonds. The lowest BCUT2D eigenvalue weighted by Crippen LogP contribution is -2.37. The molecule has 2 aromatic rings. The largest absolute Gasteiger partial charge is 0.351 e. The minimum Gasteiger partial charge on any atom is -0.351 e. The van der Waals surface area contributed by atoms with Gasteiger partial charge in [0.1, 0.15) is 0 Å². The van der Waals surface area contributed by atoms with E-state index < -0.39 is 10.8 Å². The van der Waals surface area contributed by atoms with Gasteiger partial charge in [-0.15, -0.1) is 0 Å². The Kier molecular flexibility index (Phi) is 5.43. The van der Waals surface area contributed by atoms with Crippen LogP contribution >= 0.6 is 0 Å². The van der Waals surface area contributed by atoms with E-state index in [1.165, 1.54) is 11.1 Å². The highest BCUT2D eigenvalue weighted by atomic mass is 32.2. The van der Waals surface area contributed by atoms with E-state index >= 15 is 0 Å². The van der Waals surface area contributed by atoms with Gasteiger partial charge in [0, 0.05) is 53.7 Å². The first-order chi connectivity index (χ1) is 11.6. The van der Waals surface area contributed by atoms with Crippen molar-refractivity contribution < 1.29 is 9.00 Å². The van der Waals surface area contributed by atoms with E-state index in [2.05, 4.69) is 34.5 Å². The third-order valence-electron chi connectivity index (χ3n) is 4.37. The second-order valence-corrected chi connectivity index (χ2v) is 7.41. The minimum atomic E-state index is -1.02. The molecule has 1 atom stereocenters. The van der Waals surface area contributed by atoms with Crippen molar-refractivity contribution in [3.05, 3.63) is 65.2 Å². The Bertz CT molecular complexity index is 743. The maximum absolute atomic E-state index is 12.2. The molecule has 126 valence electrons. The molecule has 5 heteroatoms. The maximum atomic E-state index is 12.2. The average Bonchev–Trinajstić information content (AvgIpc) is 2.61. The quantitative estimate of drug-likeness (QED) is 0.906. The smallest absolute Gasteiger partial charge is 0.251 e. The number of hydrogen-bond acceptors (Lipinski definition) is 3. The lowest BCUT2D eigenvalue weighted by atomic mass is 10.00. The molecule has 0 fully saturated rings. The van der Waals surface area contributed by atoms with Crippen LogP contribution in [-0.4, -0.2) is 40.9 Å². The Balaban J connectivity index is 1.48. The van der Waals surface area contributed by atoms with Crippen LogP contribution in [0.1, 0.15) is 21.5 Å². The number of carbonyl (C=O) groups excluding carboxylic acids is 1. The molecule has 0 saturated carbocycles. The summed E-state index contributed by atoms with van der Waals surface area (Å²) < 4.78 is 11.4. The number of nitrogens with zero attached hydrogens (tertiary/aromatic N) is 1. The van der Waals surface area contributed by atoms with Crippen LogP contribution in [0.15, 0.2) is 53.4 Å². The van der Waals surface area contributed by atoms with Crippen LogP contribution in [0, 0.1) is 0 Å². The summed E-state index contributed by atoms with van der Waals surface area (Å²) in [7, 11) is -1.02. The fourth-order valence-corrected chi connectivity index (χ4v) is 3.49. The summed E-state index contributed by atoms with van der Waals surface area (Å²) in [4.78, 5) is 15.3. The molecular formula is C19H22N2O2S. The van der Waals surface area contributed by atoms with Crippen LogP contribution in [0.3, 0.4) is 0 Å². The molecule has 2 aromatic carbocycles. The minimum absolute atomic E-state index is 0.0826. The van der Waals surface area contributed by atoms with Gasteiger partial charge in [0.05, 0.1) is 0 Å². The molecule has 0 bridgehead atoms. The lowest BCUT2D eigenvalue weighted by molar-refractivity contribution is 0.0947. The summed E-state index contributed by atoms with van der Waals surface area (Å²) >= 11 is 0. The number of amides is 1. The monoisotopic (exact) mass is 342 g/mol. The molecule has 4 nitrogen and oxygen atoms in total. The van der Waals surface area contributed by atoms with E-state index in [4.69, 9.17) is 0 Å². The average molecular weight is 342 g/mol. The SMILES string of the molecule is C[S@](=O)c1ccc(C(=O)NCCN2CCc3ccccc3C2)cc1. The summed E-state index contributed by atoms with van der Waals surface area (Å²) in [6.45, 7) is 3.45. The van der Waals surface area contributed by atoms with Gasteiger partial charge in [-0.25, -0.2) is 0 Å². The summed E-state index contributed by atoms with van der Waals surface area (Å²) in [6, 6.07) is 15.5. The lowest BCUT2D eigenvalue weighted by Gasteiger charge is -2.28. The van der Waals surface area contributed by atoms with Crippen molar-refractivity contribution in [2.45, 2.75) is 17.9 Å². The van der Waals surface area contributed by atoms with Gasteiger partial charge in [-0.05, 0) is 41.8 Å². The molecule has 3 rings (SSSR count). The highest BCUT2D eigenvalue weighted by Gasteiger charge is 2.15. The molecule has 1 heterocycles. The van der Waals surface area contributed by atoms with Crippen LogP contribution in [0.25, 0.3) is 0 Å². The van der Waals surface area contributed by atoms with Crippen molar-refractivity contribution >= 4 is 16.7 Å². The van der Waals surface area contributed by atoms with Gasteiger partial charge in [0.25, 0.3) is 5.91 Å². The summed E-state index contributed by atoms with van der Waals surface area (Å²) in [5.74, 6) is -0.0826. The Morgan fingerprint density at radius 3 is 2.54 bits per heavy atom. The Labute approximate surface area is 145 Å². The molecule has 0 radical (unpaired) electrons. The molecule has 0 aliphatic carbocycles. The van der Waals surface area contributed by atoms with Gasteiger partial charge in [0.2, 0.25) is 0 Å². The fraction of sp³-hybridized carbons (Fsp3) is 0.316.